The van der Waals surface area contributed by atoms with Crippen LogP contribution in [-0.4, -0.2) is 45.5 Å². The van der Waals surface area contributed by atoms with E-state index < -0.39 is 18.5 Å². The topological polar surface area (TPSA) is 88.1 Å². The lowest BCUT2D eigenvalue weighted by Crippen LogP contribution is -2.22. The van der Waals surface area contributed by atoms with Crippen LogP contribution in [0.2, 0.25) is 0 Å². The summed E-state index contributed by atoms with van der Waals surface area (Å²) in [6, 6.07) is 0. The molecule has 7 nitrogen and oxygen atoms in total. The maximum atomic E-state index is 13.8. The lowest BCUT2D eigenvalue weighted by atomic mass is 10.2. The predicted molar refractivity (Wildman–Crippen MR) is 65.0 cm³/mol. The Balaban J connectivity index is 1.91. The van der Waals surface area contributed by atoms with Crippen LogP contribution in [0.5, 0.6) is 0 Å². The number of hydrogen-bond donors (Lipinski definition) is 1. The molecule has 0 aromatic carbocycles. The summed E-state index contributed by atoms with van der Waals surface area (Å²) in [7, 11) is 1.52. The number of alkyl halides is 1. The van der Waals surface area contributed by atoms with Crippen LogP contribution in [0.15, 0.2) is 12.7 Å². The quantitative estimate of drug-likeness (QED) is 0.879. The predicted octanol–water partition coefficient (Wildman–Crippen LogP) is 0.680. The molecule has 2 aromatic heterocycles. The van der Waals surface area contributed by atoms with Crippen molar-refractivity contribution in [1.82, 2.24) is 19.5 Å². The number of methoxy groups -OCH3 is 1. The second-order valence-electron chi connectivity index (χ2n) is 4.42. The van der Waals surface area contributed by atoms with Crippen LogP contribution >= 0.6 is 0 Å². The van der Waals surface area contributed by atoms with Crippen LogP contribution in [0, 0.1) is 0 Å². The van der Waals surface area contributed by atoms with E-state index in [0.29, 0.717) is 17.0 Å². The Labute approximate surface area is 108 Å². The van der Waals surface area contributed by atoms with E-state index in [2.05, 4.69) is 15.0 Å². The fourth-order valence-electron chi connectivity index (χ4n) is 2.25. The van der Waals surface area contributed by atoms with Gasteiger partial charge in [0.2, 0.25) is 0 Å². The molecule has 8 heteroatoms. The molecule has 1 aliphatic rings. The van der Waals surface area contributed by atoms with Crippen molar-refractivity contribution in [3.63, 3.8) is 0 Å². The third-order valence-corrected chi connectivity index (χ3v) is 3.19. The van der Waals surface area contributed by atoms with Gasteiger partial charge >= 0.3 is 0 Å². The summed E-state index contributed by atoms with van der Waals surface area (Å²) in [5, 5.41) is 0. The van der Waals surface area contributed by atoms with Crippen molar-refractivity contribution in [1.29, 1.82) is 0 Å². The number of rotatable bonds is 3. The summed E-state index contributed by atoms with van der Waals surface area (Å²) < 4.78 is 26.0. The molecule has 0 unspecified atom stereocenters. The third kappa shape index (κ3) is 2.02. The molecule has 1 saturated heterocycles. The van der Waals surface area contributed by atoms with Crippen molar-refractivity contribution in [3.05, 3.63) is 12.7 Å². The molecule has 0 spiro atoms. The van der Waals surface area contributed by atoms with Crippen molar-refractivity contribution in [3.8, 4) is 0 Å². The first-order valence-electron chi connectivity index (χ1n) is 5.92. The number of nitrogens with zero attached hydrogens (tertiary/aromatic N) is 4. The SMILES string of the molecule is COC[C@H]1O[C@@H](n2cnc3c(N)ncnc32)C[C@@H]1F. The zero-order valence-electron chi connectivity index (χ0n) is 10.4. The van der Waals surface area contributed by atoms with Crippen molar-refractivity contribution < 1.29 is 13.9 Å². The Morgan fingerprint density at radius 1 is 1.53 bits per heavy atom. The van der Waals surface area contributed by atoms with Gasteiger partial charge in [-0.05, 0) is 0 Å². The van der Waals surface area contributed by atoms with E-state index in [1.807, 2.05) is 0 Å². The summed E-state index contributed by atoms with van der Waals surface area (Å²) in [6.07, 6.45) is 1.05. The fourth-order valence-corrected chi connectivity index (χ4v) is 2.25. The number of fused-ring (bicyclic) bond motifs is 1. The van der Waals surface area contributed by atoms with Crippen molar-refractivity contribution in [2.45, 2.75) is 24.9 Å². The van der Waals surface area contributed by atoms with E-state index in [1.165, 1.54) is 13.4 Å². The highest BCUT2D eigenvalue weighted by molar-refractivity contribution is 5.81. The molecule has 102 valence electrons. The first kappa shape index (κ1) is 12.2. The third-order valence-electron chi connectivity index (χ3n) is 3.19. The molecule has 3 heterocycles. The molecule has 2 aromatic rings. The van der Waals surface area contributed by atoms with E-state index in [1.54, 1.807) is 10.9 Å². The molecule has 19 heavy (non-hydrogen) atoms. The smallest absolute Gasteiger partial charge is 0.167 e. The highest BCUT2D eigenvalue weighted by Crippen LogP contribution is 2.33. The van der Waals surface area contributed by atoms with E-state index in [0.717, 1.165) is 0 Å². The van der Waals surface area contributed by atoms with Crippen molar-refractivity contribution in [2.24, 2.45) is 0 Å². The number of imidazole rings is 1. The molecule has 0 radical (unpaired) electrons. The van der Waals surface area contributed by atoms with Gasteiger partial charge in [-0.1, -0.05) is 0 Å². The maximum Gasteiger partial charge on any atom is 0.167 e. The molecule has 3 atom stereocenters. The molecule has 2 N–H and O–H groups in total. The second kappa shape index (κ2) is 4.71. The molecular formula is C11H14FN5O2. The van der Waals surface area contributed by atoms with Gasteiger partial charge in [0.1, 0.15) is 30.3 Å². The monoisotopic (exact) mass is 267 g/mol. The summed E-state index contributed by atoms with van der Waals surface area (Å²) in [4.78, 5) is 12.1. The number of ether oxygens (including phenoxy) is 2. The Morgan fingerprint density at radius 2 is 2.37 bits per heavy atom. The Hall–Kier alpha value is -1.80. The summed E-state index contributed by atoms with van der Waals surface area (Å²) in [5.74, 6) is 0.298. The Kier molecular flexibility index (Phi) is 3.03. The number of nitrogen functional groups attached to an aromatic ring is 1. The fraction of sp³-hybridized carbons (Fsp3) is 0.545. The molecule has 1 fully saturated rings. The molecule has 1 aliphatic heterocycles. The minimum absolute atomic E-state index is 0.224. The number of anilines is 1. The first-order chi connectivity index (χ1) is 9.20. The van der Waals surface area contributed by atoms with Gasteiger partial charge in [0, 0.05) is 13.5 Å². The number of aromatic nitrogens is 4. The Bertz CT molecular complexity index is 589. The van der Waals surface area contributed by atoms with Gasteiger partial charge in [-0.3, -0.25) is 4.57 Å². The molecule has 0 aliphatic carbocycles. The van der Waals surface area contributed by atoms with Gasteiger partial charge in [0.05, 0.1) is 12.9 Å². The highest BCUT2D eigenvalue weighted by atomic mass is 19.1. The van der Waals surface area contributed by atoms with Crippen LogP contribution < -0.4 is 5.73 Å². The van der Waals surface area contributed by atoms with Gasteiger partial charge in [-0.25, -0.2) is 19.3 Å². The van der Waals surface area contributed by atoms with Gasteiger partial charge in [-0.2, -0.15) is 0 Å². The lowest BCUT2D eigenvalue weighted by molar-refractivity contribution is -0.0417. The summed E-state index contributed by atoms with van der Waals surface area (Å²) in [5.41, 5.74) is 6.75. The standard InChI is InChI=1S/C11H14FN5O2/c1-18-3-7-6(12)2-8(19-7)17-5-16-9-10(13)14-4-15-11(9)17/h4-8H,2-3H2,1H3,(H2,13,14,15)/t6-,7+,8+/m0/s1. The van der Waals surface area contributed by atoms with Crippen LogP contribution in [0.25, 0.3) is 11.2 Å². The molecular weight excluding hydrogens is 253 g/mol. The van der Waals surface area contributed by atoms with Gasteiger partial charge in [-0.15, -0.1) is 0 Å². The number of hydrogen-bond acceptors (Lipinski definition) is 6. The molecule has 0 saturated carbocycles. The normalized spacial score (nSPS) is 27.2. The lowest BCUT2D eigenvalue weighted by Gasteiger charge is -2.14. The zero-order chi connectivity index (χ0) is 13.4. The summed E-state index contributed by atoms with van der Waals surface area (Å²) in [6.45, 7) is 0.224. The van der Waals surface area contributed by atoms with Gasteiger partial charge in [0.15, 0.2) is 11.5 Å². The van der Waals surface area contributed by atoms with Crippen molar-refractivity contribution in [2.75, 3.05) is 19.5 Å². The van der Waals surface area contributed by atoms with E-state index in [-0.39, 0.29) is 13.0 Å². The maximum absolute atomic E-state index is 13.8. The van der Waals surface area contributed by atoms with Crippen LogP contribution in [0.1, 0.15) is 12.6 Å². The Morgan fingerprint density at radius 3 is 3.16 bits per heavy atom. The van der Waals surface area contributed by atoms with Crippen molar-refractivity contribution >= 4 is 17.0 Å². The van der Waals surface area contributed by atoms with Gasteiger partial charge in [0.25, 0.3) is 0 Å². The van der Waals surface area contributed by atoms with Crippen LogP contribution in [0.4, 0.5) is 10.2 Å². The average molecular weight is 267 g/mol. The largest absolute Gasteiger partial charge is 0.382 e. The molecule has 0 bridgehead atoms. The zero-order valence-corrected chi connectivity index (χ0v) is 10.4. The van der Waals surface area contributed by atoms with Crippen LogP contribution in [-0.2, 0) is 9.47 Å². The summed E-state index contributed by atoms with van der Waals surface area (Å²) >= 11 is 0. The minimum atomic E-state index is -1.07. The average Bonchev–Trinajstić information content (AvgIpc) is 2.95. The number of nitrogens with two attached hydrogens (primary N) is 1. The number of halogens is 1. The van der Waals surface area contributed by atoms with Gasteiger partial charge < -0.3 is 15.2 Å². The van der Waals surface area contributed by atoms with Crippen LogP contribution in [0.3, 0.4) is 0 Å². The molecule has 0 amide bonds. The highest BCUT2D eigenvalue weighted by Gasteiger charge is 2.37. The first-order valence-corrected chi connectivity index (χ1v) is 5.92. The van der Waals surface area contributed by atoms with E-state index in [9.17, 15) is 4.39 Å². The second-order valence-corrected chi connectivity index (χ2v) is 4.42. The molecule has 3 rings (SSSR count). The van der Waals surface area contributed by atoms with E-state index >= 15 is 0 Å². The van der Waals surface area contributed by atoms with E-state index in [4.69, 9.17) is 15.2 Å². The minimum Gasteiger partial charge on any atom is -0.382 e.